The van der Waals surface area contributed by atoms with Crippen LogP contribution in [0, 0.1) is 0 Å². The van der Waals surface area contributed by atoms with Crippen LogP contribution in [0.4, 0.5) is 5.13 Å². The Bertz CT molecular complexity index is 359. The van der Waals surface area contributed by atoms with Crippen LogP contribution in [0.25, 0.3) is 0 Å². The molecule has 5 nitrogen and oxygen atoms in total. The van der Waals surface area contributed by atoms with Gasteiger partial charge in [0.15, 0.2) is 5.13 Å². The average Bonchev–Trinajstić information content (AvgIpc) is 2.56. The van der Waals surface area contributed by atoms with Crippen LogP contribution in [0.2, 0.25) is 0 Å². The largest absolute Gasteiger partial charge is 0.380 e. The molecule has 0 aliphatic carbocycles. The second-order valence-electron chi connectivity index (χ2n) is 3.70. The van der Waals surface area contributed by atoms with Gasteiger partial charge in [-0.05, 0) is 6.42 Å². The molecule has 2 N–H and O–H groups in total. The van der Waals surface area contributed by atoms with Crippen molar-refractivity contribution in [2.24, 2.45) is 0 Å². The zero-order valence-corrected chi connectivity index (χ0v) is 9.83. The normalized spacial score (nSPS) is 17.1. The summed E-state index contributed by atoms with van der Waals surface area (Å²) >= 11 is 1.37. The van der Waals surface area contributed by atoms with Crippen molar-refractivity contribution in [1.29, 1.82) is 0 Å². The van der Waals surface area contributed by atoms with Crippen molar-refractivity contribution in [2.75, 3.05) is 32.0 Å². The minimum absolute atomic E-state index is 0.107. The lowest BCUT2D eigenvalue weighted by molar-refractivity contribution is -0.130. The number of hydrogen-bond acceptors (Lipinski definition) is 5. The predicted octanol–water partition coefficient (Wildman–Crippen LogP) is 0.517. The van der Waals surface area contributed by atoms with Crippen molar-refractivity contribution < 1.29 is 9.53 Å². The molecule has 1 fully saturated rings. The number of nitrogens with two attached hydrogens (primary N) is 1. The highest BCUT2D eigenvalue weighted by molar-refractivity contribution is 7.13. The molecule has 88 valence electrons. The van der Waals surface area contributed by atoms with Crippen LogP contribution in [0.15, 0.2) is 5.38 Å². The van der Waals surface area contributed by atoms with Gasteiger partial charge in [0.05, 0.1) is 18.7 Å². The second kappa shape index (κ2) is 5.27. The smallest absolute Gasteiger partial charge is 0.228 e. The van der Waals surface area contributed by atoms with Gasteiger partial charge in [-0.1, -0.05) is 0 Å². The minimum Gasteiger partial charge on any atom is -0.380 e. The van der Waals surface area contributed by atoms with E-state index in [-0.39, 0.29) is 5.91 Å². The Morgan fingerprint density at radius 1 is 1.56 bits per heavy atom. The molecule has 1 saturated heterocycles. The maximum atomic E-state index is 11.9. The lowest BCUT2D eigenvalue weighted by Crippen LogP contribution is -2.34. The van der Waals surface area contributed by atoms with E-state index in [4.69, 9.17) is 10.5 Å². The summed E-state index contributed by atoms with van der Waals surface area (Å²) in [5, 5.41) is 2.35. The standard InChI is InChI=1S/C10H15N3O2S/c11-10-12-8(7-16-10)6-9(14)13-2-1-4-15-5-3-13/h7H,1-6H2,(H2,11,12). The summed E-state index contributed by atoms with van der Waals surface area (Å²) in [6.07, 6.45) is 1.25. The van der Waals surface area contributed by atoms with Gasteiger partial charge in [-0.2, -0.15) is 0 Å². The number of ether oxygens (including phenoxy) is 1. The predicted molar refractivity (Wildman–Crippen MR) is 62.2 cm³/mol. The van der Waals surface area contributed by atoms with Crippen LogP contribution in [-0.2, 0) is 16.0 Å². The molecule has 0 aromatic carbocycles. The molecule has 0 bridgehead atoms. The first-order chi connectivity index (χ1) is 7.75. The molecule has 2 heterocycles. The summed E-state index contributed by atoms with van der Waals surface area (Å²) < 4.78 is 5.30. The summed E-state index contributed by atoms with van der Waals surface area (Å²) in [5.74, 6) is 0.107. The average molecular weight is 241 g/mol. The Morgan fingerprint density at radius 2 is 2.44 bits per heavy atom. The Hall–Kier alpha value is -1.14. The summed E-state index contributed by atoms with van der Waals surface area (Å²) in [6.45, 7) is 2.83. The van der Waals surface area contributed by atoms with Crippen LogP contribution >= 0.6 is 11.3 Å². The fourth-order valence-corrected chi connectivity index (χ4v) is 2.23. The number of aromatic nitrogens is 1. The third kappa shape index (κ3) is 2.93. The minimum atomic E-state index is 0.107. The van der Waals surface area contributed by atoms with Gasteiger partial charge in [-0.15, -0.1) is 11.3 Å². The van der Waals surface area contributed by atoms with E-state index in [0.29, 0.717) is 24.7 Å². The SMILES string of the molecule is Nc1nc(CC(=O)N2CCCOCC2)cs1. The highest BCUT2D eigenvalue weighted by Crippen LogP contribution is 2.12. The van der Waals surface area contributed by atoms with Gasteiger partial charge in [0.2, 0.25) is 5.91 Å². The summed E-state index contributed by atoms with van der Waals surface area (Å²) in [5.41, 5.74) is 6.28. The fraction of sp³-hybridized carbons (Fsp3) is 0.600. The number of nitrogen functional groups attached to an aromatic ring is 1. The van der Waals surface area contributed by atoms with Gasteiger partial charge >= 0.3 is 0 Å². The van der Waals surface area contributed by atoms with Crippen molar-refractivity contribution in [2.45, 2.75) is 12.8 Å². The van der Waals surface area contributed by atoms with E-state index in [0.717, 1.165) is 25.3 Å². The van der Waals surface area contributed by atoms with Crippen molar-refractivity contribution in [3.8, 4) is 0 Å². The van der Waals surface area contributed by atoms with Crippen LogP contribution in [0.1, 0.15) is 12.1 Å². The van der Waals surface area contributed by atoms with E-state index in [9.17, 15) is 4.79 Å². The topological polar surface area (TPSA) is 68.5 Å². The first-order valence-corrected chi connectivity index (χ1v) is 6.19. The molecule has 1 aromatic heterocycles. The van der Waals surface area contributed by atoms with E-state index >= 15 is 0 Å². The Kier molecular flexibility index (Phi) is 3.74. The summed E-state index contributed by atoms with van der Waals surface area (Å²) in [6, 6.07) is 0. The van der Waals surface area contributed by atoms with Crippen molar-refractivity contribution >= 4 is 22.4 Å². The number of nitrogens with zero attached hydrogens (tertiary/aromatic N) is 2. The van der Waals surface area contributed by atoms with Gasteiger partial charge in [-0.25, -0.2) is 4.98 Å². The zero-order chi connectivity index (χ0) is 11.4. The number of thiazole rings is 1. The van der Waals surface area contributed by atoms with E-state index in [1.165, 1.54) is 11.3 Å². The molecule has 1 aliphatic heterocycles. The van der Waals surface area contributed by atoms with Crippen LogP contribution in [0.3, 0.4) is 0 Å². The maximum absolute atomic E-state index is 11.9. The van der Waals surface area contributed by atoms with Crippen molar-refractivity contribution in [3.63, 3.8) is 0 Å². The van der Waals surface area contributed by atoms with Crippen LogP contribution in [-0.4, -0.2) is 42.1 Å². The van der Waals surface area contributed by atoms with E-state index in [1.54, 1.807) is 0 Å². The third-order valence-electron chi connectivity index (χ3n) is 2.48. The summed E-state index contributed by atoms with van der Waals surface area (Å²) in [7, 11) is 0. The lowest BCUT2D eigenvalue weighted by atomic mass is 10.3. The number of rotatable bonds is 2. The van der Waals surface area contributed by atoms with Gasteiger partial charge in [-0.3, -0.25) is 4.79 Å². The first-order valence-electron chi connectivity index (χ1n) is 5.31. The quantitative estimate of drug-likeness (QED) is 0.819. The molecular formula is C10H15N3O2S. The molecule has 0 unspecified atom stereocenters. The molecule has 1 aromatic rings. The number of hydrogen-bond donors (Lipinski definition) is 1. The number of anilines is 1. The zero-order valence-electron chi connectivity index (χ0n) is 9.02. The van der Waals surface area contributed by atoms with E-state index in [2.05, 4.69) is 4.98 Å². The fourth-order valence-electron chi connectivity index (χ4n) is 1.67. The third-order valence-corrected chi connectivity index (χ3v) is 3.20. The monoisotopic (exact) mass is 241 g/mol. The number of carbonyl (C=O) groups is 1. The molecule has 0 atom stereocenters. The molecule has 1 aliphatic rings. The van der Waals surface area contributed by atoms with Gasteiger partial charge < -0.3 is 15.4 Å². The van der Waals surface area contributed by atoms with Crippen molar-refractivity contribution in [3.05, 3.63) is 11.1 Å². The van der Waals surface area contributed by atoms with E-state index in [1.807, 2.05) is 10.3 Å². The number of carbonyl (C=O) groups excluding carboxylic acids is 1. The second-order valence-corrected chi connectivity index (χ2v) is 4.59. The van der Waals surface area contributed by atoms with Crippen LogP contribution < -0.4 is 5.73 Å². The molecule has 0 spiro atoms. The molecule has 6 heteroatoms. The van der Waals surface area contributed by atoms with E-state index < -0.39 is 0 Å². The molecular weight excluding hydrogens is 226 g/mol. The summed E-state index contributed by atoms with van der Waals surface area (Å²) in [4.78, 5) is 17.8. The van der Waals surface area contributed by atoms with Gasteiger partial charge in [0.25, 0.3) is 0 Å². The molecule has 1 amide bonds. The Morgan fingerprint density at radius 3 is 3.19 bits per heavy atom. The lowest BCUT2D eigenvalue weighted by Gasteiger charge is -2.18. The Balaban J connectivity index is 1.91. The maximum Gasteiger partial charge on any atom is 0.228 e. The van der Waals surface area contributed by atoms with Gasteiger partial charge in [0.1, 0.15) is 0 Å². The van der Waals surface area contributed by atoms with Crippen LogP contribution in [0.5, 0.6) is 0 Å². The molecule has 16 heavy (non-hydrogen) atoms. The van der Waals surface area contributed by atoms with Gasteiger partial charge in [0, 0.05) is 25.1 Å². The van der Waals surface area contributed by atoms with Crippen molar-refractivity contribution in [1.82, 2.24) is 9.88 Å². The highest BCUT2D eigenvalue weighted by atomic mass is 32.1. The molecule has 0 saturated carbocycles. The molecule has 2 rings (SSSR count). The highest BCUT2D eigenvalue weighted by Gasteiger charge is 2.16. The molecule has 0 radical (unpaired) electrons. The Labute approximate surface area is 98.2 Å². The number of amides is 1. The first kappa shape index (κ1) is 11.3.